The highest BCUT2D eigenvalue weighted by atomic mass is 16.5. The molecule has 0 aromatic carbocycles. The largest absolute Gasteiger partial charge is 0.390 e. The number of aliphatic hydroxyl groups is 1. The van der Waals surface area contributed by atoms with Gasteiger partial charge < -0.3 is 20.5 Å². The van der Waals surface area contributed by atoms with E-state index in [1.165, 1.54) is 19.3 Å². The first-order valence-corrected chi connectivity index (χ1v) is 5.86. The maximum Gasteiger partial charge on any atom is 0.0788 e. The molecule has 1 aliphatic rings. The van der Waals surface area contributed by atoms with Gasteiger partial charge in [0.25, 0.3) is 0 Å². The standard InChI is InChI=1S/C11H24N2O2/c1-13(9-11(14)8-12)5-2-10-3-6-15-7-4-10/h10-11,14H,2-9,12H2,1H3. The summed E-state index contributed by atoms with van der Waals surface area (Å²) in [6, 6.07) is 0. The predicted molar refractivity (Wildman–Crippen MR) is 60.7 cm³/mol. The van der Waals surface area contributed by atoms with E-state index in [1.807, 2.05) is 7.05 Å². The van der Waals surface area contributed by atoms with Crippen LogP contribution in [0.4, 0.5) is 0 Å². The molecule has 4 nitrogen and oxygen atoms in total. The van der Waals surface area contributed by atoms with Crippen molar-refractivity contribution in [3.63, 3.8) is 0 Å². The lowest BCUT2D eigenvalue weighted by Crippen LogP contribution is -2.35. The van der Waals surface area contributed by atoms with Crippen molar-refractivity contribution in [2.45, 2.75) is 25.4 Å². The van der Waals surface area contributed by atoms with Gasteiger partial charge in [-0.05, 0) is 38.8 Å². The van der Waals surface area contributed by atoms with Crippen LogP contribution in [0.2, 0.25) is 0 Å². The third-order valence-corrected chi connectivity index (χ3v) is 3.05. The second-order valence-corrected chi connectivity index (χ2v) is 4.50. The number of ether oxygens (including phenoxy) is 1. The molecule has 1 heterocycles. The summed E-state index contributed by atoms with van der Waals surface area (Å²) in [6.45, 7) is 3.91. The van der Waals surface area contributed by atoms with Crippen LogP contribution in [0.1, 0.15) is 19.3 Å². The van der Waals surface area contributed by atoms with E-state index in [-0.39, 0.29) is 6.10 Å². The van der Waals surface area contributed by atoms with Crippen molar-refractivity contribution < 1.29 is 9.84 Å². The van der Waals surface area contributed by atoms with Crippen LogP contribution in [-0.4, -0.2) is 56.0 Å². The van der Waals surface area contributed by atoms with E-state index >= 15 is 0 Å². The van der Waals surface area contributed by atoms with Gasteiger partial charge in [-0.2, -0.15) is 0 Å². The SMILES string of the molecule is CN(CCC1CCOCC1)CC(O)CN. The quantitative estimate of drug-likeness (QED) is 0.659. The summed E-state index contributed by atoms with van der Waals surface area (Å²) >= 11 is 0. The minimum Gasteiger partial charge on any atom is -0.390 e. The Morgan fingerprint density at radius 2 is 2.13 bits per heavy atom. The summed E-state index contributed by atoms with van der Waals surface area (Å²) in [6.07, 6.45) is 3.20. The second kappa shape index (κ2) is 7.17. The molecule has 1 aliphatic heterocycles. The molecule has 1 rings (SSSR count). The molecule has 0 aromatic heterocycles. The molecule has 0 aliphatic carbocycles. The van der Waals surface area contributed by atoms with Crippen molar-refractivity contribution in [2.24, 2.45) is 11.7 Å². The fourth-order valence-corrected chi connectivity index (χ4v) is 1.96. The van der Waals surface area contributed by atoms with Crippen LogP contribution >= 0.6 is 0 Å². The molecule has 0 saturated carbocycles. The van der Waals surface area contributed by atoms with Gasteiger partial charge in [-0.1, -0.05) is 0 Å². The minimum atomic E-state index is -0.385. The lowest BCUT2D eigenvalue weighted by Gasteiger charge is -2.25. The first-order valence-electron chi connectivity index (χ1n) is 5.86. The number of nitrogens with two attached hydrogens (primary N) is 1. The monoisotopic (exact) mass is 216 g/mol. The van der Waals surface area contributed by atoms with Gasteiger partial charge in [0.15, 0.2) is 0 Å². The molecule has 3 N–H and O–H groups in total. The van der Waals surface area contributed by atoms with Crippen molar-refractivity contribution >= 4 is 0 Å². The Hall–Kier alpha value is -0.160. The molecule has 1 saturated heterocycles. The fourth-order valence-electron chi connectivity index (χ4n) is 1.96. The second-order valence-electron chi connectivity index (χ2n) is 4.50. The summed E-state index contributed by atoms with van der Waals surface area (Å²) in [4.78, 5) is 2.16. The molecule has 1 fully saturated rings. The normalized spacial score (nSPS) is 20.8. The molecule has 0 aromatic rings. The number of hydrogen-bond donors (Lipinski definition) is 2. The molecular weight excluding hydrogens is 192 g/mol. The smallest absolute Gasteiger partial charge is 0.0788 e. The zero-order valence-electron chi connectivity index (χ0n) is 9.69. The van der Waals surface area contributed by atoms with Crippen molar-refractivity contribution in [1.82, 2.24) is 4.90 Å². The zero-order chi connectivity index (χ0) is 11.1. The van der Waals surface area contributed by atoms with Gasteiger partial charge in [-0.3, -0.25) is 0 Å². The Kier molecular flexibility index (Phi) is 6.17. The van der Waals surface area contributed by atoms with Gasteiger partial charge in [-0.15, -0.1) is 0 Å². The van der Waals surface area contributed by atoms with E-state index in [0.29, 0.717) is 13.1 Å². The molecule has 0 amide bonds. The molecule has 1 atom stereocenters. The average Bonchev–Trinajstić information content (AvgIpc) is 2.27. The number of hydrogen-bond acceptors (Lipinski definition) is 4. The van der Waals surface area contributed by atoms with E-state index < -0.39 is 0 Å². The lowest BCUT2D eigenvalue weighted by molar-refractivity contribution is 0.0585. The predicted octanol–water partition coefficient (Wildman–Crippen LogP) is 0.0545. The fraction of sp³-hybridized carbons (Fsp3) is 1.00. The number of nitrogens with zero attached hydrogens (tertiary/aromatic N) is 1. The average molecular weight is 216 g/mol. The van der Waals surface area contributed by atoms with Crippen molar-refractivity contribution in [3.8, 4) is 0 Å². The molecule has 0 spiro atoms. The van der Waals surface area contributed by atoms with Crippen LogP contribution in [0.25, 0.3) is 0 Å². The summed E-state index contributed by atoms with van der Waals surface area (Å²) in [5.74, 6) is 0.802. The minimum absolute atomic E-state index is 0.349. The topological polar surface area (TPSA) is 58.7 Å². The van der Waals surface area contributed by atoms with Gasteiger partial charge in [0.1, 0.15) is 0 Å². The maximum atomic E-state index is 9.38. The van der Waals surface area contributed by atoms with Crippen molar-refractivity contribution in [3.05, 3.63) is 0 Å². The highest BCUT2D eigenvalue weighted by molar-refractivity contribution is 4.67. The van der Waals surface area contributed by atoms with Crippen molar-refractivity contribution in [1.29, 1.82) is 0 Å². The summed E-state index contributed by atoms with van der Waals surface area (Å²) in [5, 5.41) is 9.38. The molecule has 0 bridgehead atoms. The Morgan fingerprint density at radius 3 is 2.73 bits per heavy atom. The molecule has 15 heavy (non-hydrogen) atoms. The van der Waals surface area contributed by atoms with E-state index in [4.69, 9.17) is 10.5 Å². The summed E-state index contributed by atoms with van der Waals surface area (Å²) < 4.78 is 5.32. The third kappa shape index (κ3) is 5.47. The molecule has 0 radical (unpaired) electrons. The van der Waals surface area contributed by atoms with Crippen molar-refractivity contribution in [2.75, 3.05) is 39.9 Å². The van der Waals surface area contributed by atoms with Gasteiger partial charge >= 0.3 is 0 Å². The molecule has 1 unspecified atom stereocenters. The van der Waals surface area contributed by atoms with Crippen LogP contribution < -0.4 is 5.73 Å². The van der Waals surface area contributed by atoms with Gasteiger partial charge in [0, 0.05) is 26.3 Å². The van der Waals surface area contributed by atoms with Gasteiger partial charge in [-0.25, -0.2) is 0 Å². The zero-order valence-corrected chi connectivity index (χ0v) is 9.69. The summed E-state index contributed by atoms with van der Waals surface area (Å²) in [5.41, 5.74) is 5.37. The Balaban J connectivity index is 2.07. The number of rotatable bonds is 6. The molecular formula is C11H24N2O2. The summed E-state index contributed by atoms with van der Waals surface area (Å²) in [7, 11) is 2.04. The maximum absolute atomic E-state index is 9.38. The van der Waals surface area contributed by atoms with Crippen LogP contribution in [-0.2, 0) is 4.74 Å². The van der Waals surface area contributed by atoms with E-state index in [2.05, 4.69) is 4.90 Å². The van der Waals surface area contributed by atoms with E-state index in [9.17, 15) is 5.11 Å². The van der Waals surface area contributed by atoms with E-state index in [1.54, 1.807) is 0 Å². The van der Waals surface area contributed by atoms with Crippen LogP contribution in [0.15, 0.2) is 0 Å². The highest BCUT2D eigenvalue weighted by Crippen LogP contribution is 2.18. The third-order valence-electron chi connectivity index (χ3n) is 3.05. The highest BCUT2D eigenvalue weighted by Gasteiger charge is 2.14. The number of aliphatic hydroxyl groups excluding tert-OH is 1. The Morgan fingerprint density at radius 1 is 1.47 bits per heavy atom. The molecule has 4 heteroatoms. The first-order chi connectivity index (χ1) is 7.22. The van der Waals surface area contributed by atoms with Gasteiger partial charge in [0.05, 0.1) is 6.10 Å². The Bertz CT molecular complexity index is 161. The van der Waals surface area contributed by atoms with E-state index in [0.717, 1.165) is 25.7 Å². The number of likely N-dealkylation sites (N-methyl/N-ethyl adjacent to an activating group) is 1. The first kappa shape index (κ1) is 12.9. The van der Waals surface area contributed by atoms with Gasteiger partial charge in [0.2, 0.25) is 0 Å². The Labute approximate surface area is 92.4 Å². The van der Waals surface area contributed by atoms with Crippen LogP contribution in [0.5, 0.6) is 0 Å². The lowest BCUT2D eigenvalue weighted by atomic mass is 9.96. The van der Waals surface area contributed by atoms with Crippen LogP contribution in [0.3, 0.4) is 0 Å². The molecule has 90 valence electrons. The van der Waals surface area contributed by atoms with Crippen LogP contribution in [0, 0.1) is 5.92 Å².